The summed E-state index contributed by atoms with van der Waals surface area (Å²) in [4.78, 5) is 10.1. The second-order valence-corrected chi connectivity index (χ2v) is 6.55. The lowest BCUT2D eigenvalue weighted by Crippen LogP contribution is -1.83. The molecule has 108 valence electrons. The molecule has 0 saturated carbocycles. The fourth-order valence-corrected chi connectivity index (χ4v) is 2.92. The Hall–Kier alpha value is -0.113. The number of rotatable bonds is 15. The number of aldehydes is 1. The van der Waals surface area contributed by atoms with Gasteiger partial charge in [0, 0.05) is 16.7 Å². The summed E-state index contributed by atoms with van der Waals surface area (Å²) in [5.41, 5.74) is 0. The SMILES string of the molecule is O=CCCCCCCCCCCCCCCC[SiH3]. The van der Waals surface area contributed by atoms with E-state index in [4.69, 9.17) is 0 Å². The molecule has 0 atom stereocenters. The van der Waals surface area contributed by atoms with E-state index in [1.54, 1.807) is 0 Å². The highest BCUT2D eigenvalue weighted by Crippen LogP contribution is 2.12. The van der Waals surface area contributed by atoms with Gasteiger partial charge in [0.05, 0.1) is 0 Å². The average Bonchev–Trinajstić information content (AvgIpc) is 2.39. The smallest absolute Gasteiger partial charge is 0.119 e. The van der Waals surface area contributed by atoms with Gasteiger partial charge in [-0.25, -0.2) is 0 Å². The predicted molar refractivity (Wildman–Crippen MR) is 85.4 cm³/mol. The van der Waals surface area contributed by atoms with E-state index in [0.717, 1.165) is 19.1 Å². The van der Waals surface area contributed by atoms with Crippen LogP contribution in [0, 0.1) is 0 Å². The normalized spacial score (nSPS) is 10.9. The van der Waals surface area contributed by atoms with Crippen molar-refractivity contribution in [3.8, 4) is 0 Å². The summed E-state index contributed by atoms with van der Waals surface area (Å²) in [7, 11) is 1.39. The molecule has 0 radical (unpaired) electrons. The minimum Gasteiger partial charge on any atom is -0.303 e. The minimum absolute atomic E-state index is 0.764. The van der Waals surface area contributed by atoms with Crippen molar-refractivity contribution in [3.63, 3.8) is 0 Å². The van der Waals surface area contributed by atoms with Crippen LogP contribution in [0.5, 0.6) is 0 Å². The van der Waals surface area contributed by atoms with Crippen LogP contribution in [0.4, 0.5) is 0 Å². The van der Waals surface area contributed by atoms with Crippen LogP contribution in [-0.2, 0) is 4.79 Å². The van der Waals surface area contributed by atoms with Crippen LogP contribution in [0.3, 0.4) is 0 Å². The Labute approximate surface area is 118 Å². The highest BCUT2D eigenvalue weighted by Gasteiger charge is 1.93. The van der Waals surface area contributed by atoms with E-state index in [2.05, 4.69) is 0 Å². The van der Waals surface area contributed by atoms with Crippen molar-refractivity contribution < 1.29 is 4.79 Å². The molecule has 0 spiro atoms. The summed E-state index contributed by atoms with van der Waals surface area (Å²) in [6.07, 6.45) is 19.9. The quantitative estimate of drug-likeness (QED) is 0.244. The molecule has 0 rings (SSSR count). The Morgan fingerprint density at radius 2 is 0.889 bits per heavy atom. The third kappa shape index (κ3) is 15.9. The zero-order chi connectivity index (χ0) is 13.3. The molecule has 18 heavy (non-hydrogen) atoms. The first-order valence-electron chi connectivity index (χ1n) is 8.35. The van der Waals surface area contributed by atoms with Crippen LogP contribution in [0.25, 0.3) is 0 Å². The molecule has 0 heterocycles. The summed E-state index contributed by atoms with van der Waals surface area (Å²) < 4.78 is 0. The van der Waals surface area contributed by atoms with Gasteiger partial charge in [-0.1, -0.05) is 83.1 Å². The molecular weight excluding hydrogens is 236 g/mol. The van der Waals surface area contributed by atoms with Crippen molar-refractivity contribution in [1.29, 1.82) is 0 Å². The maximum absolute atomic E-state index is 10.1. The zero-order valence-corrected chi connectivity index (χ0v) is 14.6. The van der Waals surface area contributed by atoms with Crippen LogP contribution in [-0.4, -0.2) is 16.5 Å². The minimum atomic E-state index is 0.764. The third-order valence-corrected chi connectivity index (χ3v) is 4.38. The lowest BCUT2D eigenvalue weighted by atomic mass is 10.0. The molecule has 0 unspecified atom stereocenters. The van der Waals surface area contributed by atoms with Gasteiger partial charge in [-0.2, -0.15) is 0 Å². The van der Waals surface area contributed by atoms with Gasteiger partial charge in [0.2, 0.25) is 0 Å². The van der Waals surface area contributed by atoms with Crippen molar-refractivity contribution in [3.05, 3.63) is 0 Å². The fraction of sp³-hybridized carbons (Fsp3) is 0.938. The van der Waals surface area contributed by atoms with Crippen LogP contribution in [0.2, 0.25) is 6.04 Å². The van der Waals surface area contributed by atoms with Crippen molar-refractivity contribution in [2.24, 2.45) is 0 Å². The van der Waals surface area contributed by atoms with Gasteiger partial charge in [0.1, 0.15) is 6.29 Å². The summed E-state index contributed by atoms with van der Waals surface area (Å²) in [5, 5.41) is 0. The first-order chi connectivity index (χ1) is 8.91. The molecule has 0 bridgehead atoms. The molecule has 0 aliphatic carbocycles. The molecule has 0 amide bonds. The molecule has 2 heteroatoms. The highest BCUT2D eigenvalue weighted by molar-refractivity contribution is 6.08. The largest absolute Gasteiger partial charge is 0.303 e. The molecule has 0 saturated heterocycles. The van der Waals surface area contributed by atoms with Crippen molar-refractivity contribution >= 4 is 16.5 Å². The van der Waals surface area contributed by atoms with Crippen LogP contribution >= 0.6 is 0 Å². The maximum Gasteiger partial charge on any atom is 0.119 e. The van der Waals surface area contributed by atoms with Gasteiger partial charge in [0.25, 0.3) is 0 Å². The van der Waals surface area contributed by atoms with E-state index in [1.165, 1.54) is 93.3 Å². The Morgan fingerprint density at radius 1 is 0.556 bits per heavy atom. The summed E-state index contributed by atoms with van der Waals surface area (Å²) in [6.45, 7) is 0. The van der Waals surface area contributed by atoms with Crippen molar-refractivity contribution in [1.82, 2.24) is 0 Å². The lowest BCUT2D eigenvalue weighted by molar-refractivity contribution is -0.107. The number of carbonyl (C=O) groups excluding carboxylic acids is 1. The number of unbranched alkanes of at least 4 members (excludes halogenated alkanes) is 13. The predicted octanol–water partition coefficient (Wildman–Crippen LogP) is 4.43. The zero-order valence-electron chi connectivity index (χ0n) is 12.6. The summed E-state index contributed by atoms with van der Waals surface area (Å²) in [6, 6.07) is 1.49. The molecule has 0 aromatic carbocycles. The lowest BCUT2D eigenvalue weighted by Gasteiger charge is -2.02. The molecule has 0 aromatic rings. The summed E-state index contributed by atoms with van der Waals surface area (Å²) >= 11 is 0. The van der Waals surface area contributed by atoms with Crippen molar-refractivity contribution in [2.75, 3.05) is 0 Å². The highest BCUT2D eigenvalue weighted by atomic mass is 28.1. The molecule has 1 nitrogen and oxygen atoms in total. The van der Waals surface area contributed by atoms with E-state index in [-0.39, 0.29) is 0 Å². The topological polar surface area (TPSA) is 17.1 Å². The second kappa shape index (κ2) is 16.9. The van der Waals surface area contributed by atoms with Crippen molar-refractivity contribution in [2.45, 2.75) is 95.9 Å². The molecular formula is C16H34OSi. The number of carbonyl (C=O) groups is 1. The first-order valence-corrected chi connectivity index (χ1v) is 9.77. The van der Waals surface area contributed by atoms with Crippen LogP contribution < -0.4 is 0 Å². The van der Waals surface area contributed by atoms with E-state index in [0.29, 0.717) is 0 Å². The standard InChI is InChI=1S/C16H34OSi/c17-15-13-11-9-7-5-3-1-2-4-6-8-10-12-14-16-18/h15H,1-14,16H2,18H3. The van der Waals surface area contributed by atoms with Gasteiger partial charge < -0.3 is 4.79 Å². The Morgan fingerprint density at radius 3 is 1.22 bits per heavy atom. The summed E-state index contributed by atoms with van der Waals surface area (Å²) in [5.74, 6) is 0. The number of hydrogen-bond donors (Lipinski definition) is 0. The molecule has 0 fully saturated rings. The van der Waals surface area contributed by atoms with E-state index in [1.807, 2.05) is 0 Å². The van der Waals surface area contributed by atoms with Crippen LogP contribution in [0.1, 0.15) is 89.9 Å². The Balaban J connectivity index is 2.88. The van der Waals surface area contributed by atoms with Gasteiger partial charge in [-0.3, -0.25) is 0 Å². The average molecular weight is 271 g/mol. The fourth-order valence-electron chi connectivity index (χ4n) is 2.42. The monoisotopic (exact) mass is 270 g/mol. The molecule has 0 aliphatic rings. The van der Waals surface area contributed by atoms with E-state index in [9.17, 15) is 4.79 Å². The maximum atomic E-state index is 10.1. The van der Waals surface area contributed by atoms with Crippen LogP contribution in [0.15, 0.2) is 0 Å². The third-order valence-electron chi connectivity index (χ3n) is 3.68. The van der Waals surface area contributed by atoms with Gasteiger partial charge in [0.15, 0.2) is 0 Å². The molecule has 0 aromatic heterocycles. The number of hydrogen-bond acceptors (Lipinski definition) is 1. The van der Waals surface area contributed by atoms with Gasteiger partial charge in [-0.15, -0.1) is 0 Å². The first kappa shape index (κ1) is 17.9. The Kier molecular flexibility index (Phi) is 16.8. The van der Waals surface area contributed by atoms with E-state index >= 15 is 0 Å². The molecule has 0 N–H and O–H groups in total. The van der Waals surface area contributed by atoms with E-state index < -0.39 is 0 Å². The second-order valence-electron chi connectivity index (χ2n) is 5.55. The Bertz CT molecular complexity index is 159. The molecule has 0 aliphatic heterocycles. The van der Waals surface area contributed by atoms with Gasteiger partial charge in [-0.05, 0) is 6.42 Å². The van der Waals surface area contributed by atoms with Gasteiger partial charge >= 0.3 is 0 Å².